The molecule has 0 aromatic heterocycles. The Hall–Kier alpha value is -3.65. The molecular formula is C21H20N2O6. The lowest BCUT2D eigenvalue weighted by Gasteiger charge is -2.18. The van der Waals surface area contributed by atoms with Crippen LogP contribution in [0.25, 0.3) is 0 Å². The zero-order valence-corrected chi connectivity index (χ0v) is 15.7. The quantitative estimate of drug-likeness (QED) is 0.354. The Morgan fingerprint density at radius 1 is 1.14 bits per heavy atom. The molecule has 0 unspecified atom stereocenters. The Morgan fingerprint density at radius 2 is 1.86 bits per heavy atom. The fourth-order valence-electron chi connectivity index (χ4n) is 2.88. The molecule has 0 atom stereocenters. The summed E-state index contributed by atoms with van der Waals surface area (Å²) in [5.41, 5.74) is 0.842. The number of anilines is 1. The second-order valence-corrected chi connectivity index (χ2v) is 6.37. The fraction of sp³-hybridized carbons (Fsp3) is 0.190. The molecule has 1 aliphatic heterocycles. The van der Waals surface area contributed by atoms with Gasteiger partial charge in [0.05, 0.1) is 18.7 Å². The third kappa shape index (κ3) is 4.27. The maximum atomic E-state index is 12.4. The number of ketones is 1. The molecular weight excluding hydrogens is 376 g/mol. The van der Waals surface area contributed by atoms with E-state index >= 15 is 0 Å². The maximum absolute atomic E-state index is 12.4. The van der Waals surface area contributed by atoms with Gasteiger partial charge in [-0.05, 0) is 24.6 Å². The van der Waals surface area contributed by atoms with E-state index in [1.807, 2.05) is 30.3 Å². The van der Waals surface area contributed by atoms with E-state index in [4.69, 9.17) is 9.84 Å². The lowest BCUT2D eigenvalue weighted by Crippen LogP contribution is -2.34. The Labute approximate surface area is 167 Å². The SMILES string of the molecule is CC(=O)c1ccc(OCc2ccccc2)c(NC2=CC(=O)N(CCO)C2=O)c1O. The summed E-state index contributed by atoms with van der Waals surface area (Å²) in [4.78, 5) is 37.0. The minimum Gasteiger partial charge on any atom is -0.505 e. The number of hydrogen-bond acceptors (Lipinski definition) is 7. The Balaban J connectivity index is 1.91. The number of phenols is 1. The number of nitrogens with one attached hydrogen (secondary N) is 1. The van der Waals surface area contributed by atoms with Crippen LogP contribution in [0.4, 0.5) is 5.69 Å². The number of ether oxygens (including phenoxy) is 1. The van der Waals surface area contributed by atoms with Gasteiger partial charge in [-0.3, -0.25) is 19.3 Å². The fourth-order valence-corrected chi connectivity index (χ4v) is 2.88. The van der Waals surface area contributed by atoms with Gasteiger partial charge in [0.2, 0.25) is 0 Å². The van der Waals surface area contributed by atoms with Crippen LogP contribution in [0.1, 0.15) is 22.8 Å². The van der Waals surface area contributed by atoms with E-state index in [1.54, 1.807) is 0 Å². The number of nitrogens with zero attached hydrogens (tertiary/aromatic N) is 1. The van der Waals surface area contributed by atoms with Gasteiger partial charge in [0.15, 0.2) is 11.5 Å². The molecule has 29 heavy (non-hydrogen) atoms. The molecule has 1 aliphatic rings. The van der Waals surface area contributed by atoms with Gasteiger partial charge in [-0.15, -0.1) is 0 Å². The molecule has 0 saturated carbocycles. The van der Waals surface area contributed by atoms with Gasteiger partial charge in [0.1, 0.15) is 23.7 Å². The maximum Gasteiger partial charge on any atom is 0.277 e. The van der Waals surface area contributed by atoms with E-state index in [-0.39, 0.29) is 54.0 Å². The van der Waals surface area contributed by atoms with Crippen LogP contribution in [0.5, 0.6) is 11.5 Å². The number of aliphatic hydroxyl groups excluding tert-OH is 1. The molecule has 0 bridgehead atoms. The number of carbonyl (C=O) groups excluding carboxylic acids is 3. The van der Waals surface area contributed by atoms with Crippen molar-refractivity contribution in [2.24, 2.45) is 0 Å². The van der Waals surface area contributed by atoms with Gasteiger partial charge < -0.3 is 20.3 Å². The van der Waals surface area contributed by atoms with Gasteiger partial charge in [-0.1, -0.05) is 30.3 Å². The highest BCUT2D eigenvalue weighted by atomic mass is 16.5. The Kier molecular flexibility index (Phi) is 5.94. The molecule has 8 heteroatoms. The third-order valence-electron chi connectivity index (χ3n) is 4.35. The highest BCUT2D eigenvalue weighted by Crippen LogP contribution is 2.39. The Morgan fingerprint density at radius 3 is 2.52 bits per heavy atom. The van der Waals surface area contributed by atoms with Crippen LogP contribution in [0, 0.1) is 0 Å². The summed E-state index contributed by atoms with van der Waals surface area (Å²) >= 11 is 0. The molecule has 0 aliphatic carbocycles. The van der Waals surface area contributed by atoms with E-state index in [9.17, 15) is 19.5 Å². The molecule has 2 aromatic rings. The van der Waals surface area contributed by atoms with Crippen LogP contribution in [0.15, 0.2) is 54.2 Å². The van der Waals surface area contributed by atoms with E-state index < -0.39 is 11.8 Å². The Bertz CT molecular complexity index is 984. The van der Waals surface area contributed by atoms with E-state index in [2.05, 4.69) is 5.32 Å². The first kappa shape index (κ1) is 20.1. The van der Waals surface area contributed by atoms with Crippen molar-refractivity contribution < 1.29 is 29.3 Å². The molecule has 8 nitrogen and oxygen atoms in total. The van der Waals surface area contributed by atoms with Crippen molar-refractivity contribution in [2.45, 2.75) is 13.5 Å². The second kappa shape index (κ2) is 8.57. The van der Waals surface area contributed by atoms with Crippen molar-refractivity contribution in [1.82, 2.24) is 4.90 Å². The minimum absolute atomic E-state index is 0.00637. The van der Waals surface area contributed by atoms with E-state index in [0.717, 1.165) is 16.5 Å². The summed E-state index contributed by atoms with van der Waals surface area (Å²) in [5.74, 6) is -1.78. The number of rotatable bonds is 8. The van der Waals surface area contributed by atoms with Crippen LogP contribution in [0.3, 0.4) is 0 Å². The summed E-state index contributed by atoms with van der Waals surface area (Å²) in [6.45, 7) is 0.984. The van der Waals surface area contributed by atoms with Gasteiger partial charge >= 0.3 is 0 Å². The molecule has 2 aromatic carbocycles. The van der Waals surface area contributed by atoms with Crippen molar-refractivity contribution in [1.29, 1.82) is 0 Å². The zero-order chi connectivity index (χ0) is 21.0. The van der Waals surface area contributed by atoms with Crippen LogP contribution < -0.4 is 10.1 Å². The first-order chi connectivity index (χ1) is 13.9. The van der Waals surface area contributed by atoms with Gasteiger partial charge in [0.25, 0.3) is 11.8 Å². The number of β-amino-alcohol motifs (C(OH)–C–C–N with tert-alkyl or cyclic N) is 1. The second-order valence-electron chi connectivity index (χ2n) is 6.37. The number of imide groups is 1. The minimum atomic E-state index is -0.648. The number of amides is 2. The topological polar surface area (TPSA) is 116 Å². The van der Waals surface area contributed by atoms with E-state index in [1.165, 1.54) is 19.1 Å². The monoisotopic (exact) mass is 396 g/mol. The number of phenolic OH excluding ortho intramolecular Hbond substituents is 1. The molecule has 2 amide bonds. The predicted octanol–water partition coefficient (Wildman–Crippen LogP) is 1.83. The average Bonchev–Trinajstić information content (AvgIpc) is 2.96. The van der Waals surface area contributed by atoms with Gasteiger partial charge in [-0.2, -0.15) is 0 Å². The van der Waals surface area contributed by atoms with Crippen LogP contribution in [-0.4, -0.2) is 45.9 Å². The highest BCUT2D eigenvalue weighted by molar-refractivity contribution is 6.17. The summed E-state index contributed by atoms with van der Waals surface area (Å²) in [6.07, 6.45) is 1.07. The third-order valence-corrected chi connectivity index (χ3v) is 4.35. The smallest absolute Gasteiger partial charge is 0.277 e. The lowest BCUT2D eigenvalue weighted by molar-refractivity contribution is -0.137. The standard InChI is InChI=1S/C21H20N2O6/c1-13(25)15-7-8-17(29-12-14-5-3-2-4-6-14)19(20(15)27)22-16-11-18(26)23(9-10-24)21(16)28/h2-8,11,22,24,27H,9-10,12H2,1H3. The molecule has 0 fully saturated rings. The first-order valence-electron chi connectivity index (χ1n) is 8.91. The molecule has 0 spiro atoms. The first-order valence-corrected chi connectivity index (χ1v) is 8.91. The number of benzene rings is 2. The summed E-state index contributed by atoms with van der Waals surface area (Å²) < 4.78 is 5.77. The van der Waals surface area contributed by atoms with Crippen molar-refractivity contribution in [3.63, 3.8) is 0 Å². The summed E-state index contributed by atoms with van der Waals surface area (Å²) in [6, 6.07) is 12.3. The highest BCUT2D eigenvalue weighted by Gasteiger charge is 2.32. The largest absolute Gasteiger partial charge is 0.505 e. The average molecular weight is 396 g/mol. The van der Waals surface area contributed by atoms with Crippen molar-refractivity contribution >= 4 is 23.3 Å². The molecule has 0 radical (unpaired) electrons. The number of aliphatic hydroxyl groups is 1. The predicted molar refractivity (Wildman–Crippen MR) is 104 cm³/mol. The normalized spacial score (nSPS) is 13.4. The number of Topliss-reactive ketones (excluding diaryl/α,β-unsaturated/α-hetero) is 1. The van der Waals surface area contributed by atoms with Crippen LogP contribution >= 0.6 is 0 Å². The number of carbonyl (C=O) groups is 3. The molecule has 3 N–H and O–H groups in total. The van der Waals surface area contributed by atoms with Crippen LogP contribution in [-0.2, 0) is 16.2 Å². The van der Waals surface area contributed by atoms with Gasteiger partial charge in [-0.25, -0.2) is 0 Å². The summed E-state index contributed by atoms with van der Waals surface area (Å²) in [5, 5.41) is 22.3. The molecule has 3 rings (SSSR count). The molecule has 150 valence electrons. The van der Waals surface area contributed by atoms with E-state index in [0.29, 0.717) is 0 Å². The number of hydrogen-bond donors (Lipinski definition) is 3. The van der Waals surface area contributed by atoms with Gasteiger partial charge in [0, 0.05) is 6.08 Å². The molecule has 1 heterocycles. The number of aromatic hydroxyl groups is 1. The van der Waals surface area contributed by atoms with Crippen LogP contribution in [0.2, 0.25) is 0 Å². The zero-order valence-electron chi connectivity index (χ0n) is 15.7. The van der Waals surface area contributed by atoms with Crippen molar-refractivity contribution in [2.75, 3.05) is 18.5 Å². The summed E-state index contributed by atoms with van der Waals surface area (Å²) in [7, 11) is 0. The van der Waals surface area contributed by atoms with Crippen molar-refractivity contribution in [3.05, 3.63) is 65.4 Å². The molecule has 0 saturated heterocycles. The van der Waals surface area contributed by atoms with Crippen molar-refractivity contribution in [3.8, 4) is 11.5 Å². The lowest BCUT2D eigenvalue weighted by atomic mass is 10.1.